The van der Waals surface area contributed by atoms with Crippen LogP contribution in [0.25, 0.3) is 0 Å². The fraction of sp³-hybridized carbons (Fsp3) is 0.722. The van der Waals surface area contributed by atoms with E-state index in [9.17, 15) is 9.59 Å². The van der Waals surface area contributed by atoms with E-state index in [-0.39, 0.29) is 29.5 Å². The molecule has 0 radical (unpaired) electrons. The van der Waals surface area contributed by atoms with E-state index in [0.29, 0.717) is 25.4 Å². The van der Waals surface area contributed by atoms with Crippen molar-refractivity contribution < 1.29 is 18.8 Å². The molecule has 0 spiro atoms. The van der Waals surface area contributed by atoms with Gasteiger partial charge < -0.3 is 19.5 Å². The van der Waals surface area contributed by atoms with Crippen LogP contribution in [0.2, 0.25) is 0 Å². The standard InChI is InChI=1S/C18H27N3O4/c1-2-19-17(22)16-10-15(25-20-16)12-21(11-14-8-5-9-24-14)18(23)13-6-3-4-7-13/h10,13-14H,2-9,11-12H2,1H3,(H,19,22). The van der Waals surface area contributed by atoms with E-state index in [2.05, 4.69) is 10.5 Å². The molecular formula is C18H27N3O4. The summed E-state index contributed by atoms with van der Waals surface area (Å²) in [7, 11) is 0. The lowest BCUT2D eigenvalue weighted by Gasteiger charge is -2.27. The molecule has 2 heterocycles. The van der Waals surface area contributed by atoms with Gasteiger partial charge in [-0.2, -0.15) is 0 Å². The van der Waals surface area contributed by atoms with Crippen LogP contribution in [-0.4, -0.2) is 47.7 Å². The van der Waals surface area contributed by atoms with Crippen LogP contribution in [-0.2, 0) is 16.1 Å². The van der Waals surface area contributed by atoms with Crippen molar-refractivity contribution in [2.45, 2.75) is 58.1 Å². The first-order valence-corrected chi connectivity index (χ1v) is 9.31. The molecule has 1 atom stereocenters. The Kier molecular flexibility index (Phi) is 6.07. The first kappa shape index (κ1) is 17.9. The second kappa shape index (κ2) is 8.47. The lowest BCUT2D eigenvalue weighted by atomic mass is 10.1. The number of carbonyl (C=O) groups is 2. The van der Waals surface area contributed by atoms with E-state index in [0.717, 1.165) is 45.1 Å². The Morgan fingerprint density at radius 2 is 2.08 bits per heavy atom. The molecule has 1 aromatic rings. The Hall–Kier alpha value is -1.89. The zero-order chi connectivity index (χ0) is 17.6. The topological polar surface area (TPSA) is 84.7 Å². The fourth-order valence-corrected chi connectivity index (χ4v) is 3.63. The maximum atomic E-state index is 12.9. The van der Waals surface area contributed by atoms with Crippen molar-refractivity contribution in [1.82, 2.24) is 15.4 Å². The first-order valence-electron chi connectivity index (χ1n) is 9.31. The van der Waals surface area contributed by atoms with Crippen molar-refractivity contribution in [2.75, 3.05) is 19.7 Å². The summed E-state index contributed by atoms with van der Waals surface area (Å²) in [5.41, 5.74) is 0.252. The van der Waals surface area contributed by atoms with Gasteiger partial charge in [-0.3, -0.25) is 9.59 Å². The lowest BCUT2D eigenvalue weighted by molar-refractivity contribution is -0.138. The molecule has 1 aliphatic carbocycles. The molecule has 25 heavy (non-hydrogen) atoms. The summed E-state index contributed by atoms with van der Waals surface area (Å²) in [4.78, 5) is 26.6. The van der Waals surface area contributed by atoms with Crippen molar-refractivity contribution in [3.05, 3.63) is 17.5 Å². The van der Waals surface area contributed by atoms with Gasteiger partial charge in [0.2, 0.25) is 5.91 Å². The minimum absolute atomic E-state index is 0.0936. The molecule has 7 heteroatoms. The summed E-state index contributed by atoms with van der Waals surface area (Å²) in [5, 5.41) is 6.51. The quantitative estimate of drug-likeness (QED) is 0.815. The molecule has 1 saturated heterocycles. The van der Waals surface area contributed by atoms with Crippen LogP contribution in [0.1, 0.15) is 61.7 Å². The van der Waals surface area contributed by atoms with Crippen LogP contribution in [0.3, 0.4) is 0 Å². The molecule has 3 rings (SSSR count). The number of ether oxygens (including phenoxy) is 1. The Morgan fingerprint density at radius 3 is 2.76 bits per heavy atom. The number of nitrogens with zero attached hydrogens (tertiary/aromatic N) is 2. The van der Waals surface area contributed by atoms with Crippen LogP contribution in [0.5, 0.6) is 0 Å². The normalized spacial score (nSPS) is 20.8. The van der Waals surface area contributed by atoms with Crippen LogP contribution in [0.4, 0.5) is 0 Å². The third-order valence-corrected chi connectivity index (χ3v) is 4.94. The molecule has 2 amide bonds. The molecule has 1 unspecified atom stereocenters. The largest absolute Gasteiger partial charge is 0.376 e. The summed E-state index contributed by atoms with van der Waals surface area (Å²) in [5.74, 6) is 0.548. The van der Waals surface area contributed by atoms with Gasteiger partial charge in [0.25, 0.3) is 5.91 Å². The van der Waals surface area contributed by atoms with Gasteiger partial charge >= 0.3 is 0 Å². The Bertz CT molecular complexity index is 589. The molecule has 138 valence electrons. The average molecular weight is 349 g/mol. The van der Waals surface area contributed by atoms with E-state index in [1.165, 1.54) is 0 Å². The lowest BCUT2D eigenvalue weighted by Crippen LogP contribution is -2.39. The first-order chi connectivity index (χ1) is 12.2. The maximum Gasteiger partial charge on any atom is 0.273 e. The molecule has 7 nitrogen and oxygen atoms in total. The van der Waals surface area contributed by atoms with Gasteiger partial charge in [-0.25, -0.2) is 0 Å². The second-order valence-electron chi connectivity index (χ2n) is 6.87. The zero-order valence-electron chi connectivity index (χ0n) is 14.8. The average Bonchev–Trinajstić information content (AvgIpc) is 3.36. The highest BCUT2D eigenvalue weighted by molar-refractivity contribution is 5.92. The highest BCUT2D eigenvalue weighted by Crippen LogP contribution is 2.28. The van der Waals surface area contributed by atoms with Crippen molar-refractivity contribution in [2.24, 2.45) is 5.92 Å². The monoisotopic (exact) mass is 349 g/mol. The van der Waals surface area contributed by atoms with Gasteiger partial charge in [0.1, 0.15) is 0 Å². The maximum absolute atomic E-state index is 12.9. The number of hydrogen-bond donors (Lipinski definition) is 1. The summed E-state index contributed by atoms with van der Waals surface area (Å²) in [6.07, 6.45) is 6.27. The van der Waals surface area contributed by atoms with Crippen LogP contribution < -0.4 is 5.32 Å². The minimum atomic E-state index is -0.259. The number of carbonyl (C=O) groups excluding carboxylic acids is 2. The van der Waals surface area contributed by atoms with E-state index in [4.69, 9.17) is 9.26 Å². The predicted molar refractivity (Wildman–Crippen MR) is 90.9 cm³/mol. The van der Waals surface area contributed by atoms with E-state index < -0.39 is 0 Å². The molecule has 1 aromatic heterocycles. The highest BCUT2D eigenvalue weighted by atomic mass is 16.5. The van der Waals surface area contributed by atoms with Gasteiger partial charge in [0.05, 0.1) is 12.6 Å². The number of nitrogens with one attached hydrogen (secondary N) is 1. The third-order valence-electron chi connectivity index (χ3n) is 4.94. The number of aromatic nitrogens is 1. The van der Waals surface area contributed by atoms with Gasteiger partial charge in [0.15, 0.2) is 11.5 Å². The Balaban J connectivity index is 1.67. The molecule has 1 saturated carbocycles. The van der Waals surface area contributed by atoms with Crippen LogP contribution in [0, 0.1) is 5.92 Å². The molecule has 2 aliphatic rings. The zero-order valence-corrected chi connectivity index (χ0v) is 14.8. The number of hydrogen-bond acceptors (Lipinski definition) is 5. The summed E-state index contributed by atoms with van der Waals surface area (Å²) >= 11 is 0. The van der Waals surface area contributed by atoms with E-state index >= 15 is 0 Å². The van der Waals surface area contributed by atoms with E-state index in [1.54, 1.807) is 6.07 Å². The minimum Gasteiger partial charge on any atom is -0.376 e. The van der Waals surface area contributed by atoms with E-state index in [1.807, 2.05) is 11.8 Å². The van der Waals surface area contributed by atoms with Gasteiger partial charge in [-0.05, 0) is 32.6 Å². The summed E-state index contributed by atoms with van der Waals surface area (Å²) in [6, 6.07) is 1.62. The third kappa shape index (κ3) is 4.60. The van der Waals surface area contributed by atoms with Crippen LogP contribution >= 0.6 is 0 Å². The van der Waals surface area contributed by atoms with Gasteiger partial charge in [-0.15, -0.1) is 0 Å². The van der Waals surface area contributed by atoms with Gasteiger partial charge in [-0.1, -0.05) is 18.0 Å². The fourth-order valence-electron chi connectivity index (χ4n) is 3.63. The highest BCUT2D eigenvalue weighted by Gasteiger charge is 2.30. The second-order valence-corrected chi connectivity index (χ2v) is 6.87. The van der Waals surface area contributed by atoms with Crippen molar-refractivity contribution in [3.63, 3.8) is 0 Å². The smallest absolute Gasteiger partial charge is 0.273 e. The molecule has 1 aliphatic heterocycles. The number of rotatable bonds is 7. The molecule has 1 N–H and O–H groups in total. The molecule has 2 fully saturated rings. The Morgan fingerprint density at radius 1 is 1.28 bits per heavy atom. The Labute approximate surface area is 148 Å². The molecular weight excluding hydrogens is 322 g/mol. The summed E-state index contributed by atoms with van der Waals surface area (Å²) < 4.78 is 11.0. The van der Waals surface area contributed by atoms with Gasteiger partial charge in [0, 0.05) is 31.7 Å². The SMILES string of the molecule is CCNC(=O)c1cc(CN(CC2CCCO2)C(=O)C2CCCC2)on1. The van der Waals surface area contributed by atoms with Crippen molar-refractivity contribution in [1.29, 1.82) is 0 Å². The predicted octanol–water partition coefficient (Wildman–Crippen LogP) is 2.12. The number of amides is 2. The molecule has 0 aromatic carbocycles. The van der Waals surface area contributed by atoms with Crippen LogP contribution in [0.15, 0.2) is 10.6 Å². The van der Waals surface area contributed by atoms with Crippen molar-refractivity contribution >= 4 is 11.8 Å². The van der Waals surface area contributed by atoms with Crippen molar-refractivity contribution in [3.8, 4) is 0 Å². The molecule has 0 bridgehead atoms. The summed E-state index contributed by atoms with van der Waals surface area (Å²) in [6.45, 7) is 4.06.